The van der Waals surface area contributed by atoms with Crippen LogP contribution in [0.25, 0.3) is 10.9 Å². The van der Waals surface area contributed by atoms with E-state index in [9.17, 15) is 5.11 Å². The largest absolute Gasteiger partial charge is 0.508 e. The van der Waals surface area contributed by atoms with Crippen LogP contribution in [-0.4, -0.2) is 45.2 Å². The molecule has 4 rings (SSSR count). The van der Waals surface area contributed by atoms with Gasteiger partial charge in [-0.1, -0.05) is 6.07 Å². The molecule has 2 aromatic heterocycles. The third-order valence-electron chi connectivity index (χ3n) is 5.48. The van der Waals surface area contributed by atoms with Gasteiger partial charge in [0.05, 0.1) is 12.7 Å². The Labute approximate surface area is 159 Å². The number of benzene rings is 1. The molecule has 1 aliphatic rings. The molecule has 4 N–H and O–H groups in total. The zero-order valence-electron chi connectivity index (χ0n) is 15.8. The molecule has 27 heavy (non-hydrogen) atoms. The van der Waals surface area contributed by atoms with Crippen LogP contribution in [0.2, 0.25) is 0 Å². The number of aromatic hydroxyl groups is 1. The van der Waals surface area contributed by atoms with Crippen molar-refractivity contribution in [2.75, 3.05) is 25.4 Å². The van der Waals surface area contributed by atoms with E-state index < -0.39 is 0 Å². The number of hydrogen-bond acceptors (Lipinski definition) is 5. The number of nitrogens with two attached hydrogens (primary N) is 1. The zero-order valence-corrected chi connectivity index (χ0v) is 15.8. The molecule has 0 aliphatic carbocycles. The van der Waals surface area contributed by atoms with Crippen LogP contribution in [0.4, 0.5) is 5.82 Å². The van der Waals surface area contributed by atoms with Gasteiger partial charge in [0.2, 0.25) is 0 Å². The fourth-order valence-electron chi connectivity index (χ4n) is 3.90. The van der Waals surface area contributed by atoms with Crippen LogP contribution in [-0.2, 0) is 11.2 Å². The van der Waals surface area contributed by atoms with Crippen molar-refractivity contribution >= 4 is 16.7 Å². The molecule has 6 heteroatoms. The van der Waals surface area contributed by atoms with Gasteiger partial charge in [0, 0.05) is 47.5 Å². The van der Waals surface area contributed by atoms with Gasteiger partial charge >= 0.3 is 0 Å². The average molecular weight is 366 g/mol. The van der Waals surface area contributed by atoms with E-state index in [0.717, 1.165) is 36.0 Å². The number of morpholine rings is 1. The second kappa shape index (κ2) is 6.87. The summed E-state index contributed by atoms with van der Waals surface area (Å²) in [6.45, 7) is 6.91. The molecule has 0 amide bonds. The monoisotopic (exact) mass is 366 g/mol. The Hall–Kier alpha value is -2.57. The Balaban J connectivity index is 1.53. The number of phenols is 1. The summed E-state index contributed by atoms with van der Waals surface area (Å²) < 4.78 is 5.99. The number of anilines is 1. The minimum atomic E-state index is -0.0517. The third-order valence-corrected chi connectivity index (χ3v) is 5.48. The summed E-state index contributed by atoms with van der Waals surface area (Å²) >= 11 is 0. The molecular weight excluding hydrogens is 340 g/mol. The van der Waals surface area contributed by atoms with Crippen LogP contribution in [0.15, 0.2) is 42.7 Å². The van der Waals surface area contributed by atoms with Gasteiger partial charge in [0.1, 0.15) is 11.6 Å². The Morgan fingerprint density at radius 3 is 2.96 bits per heavy atom. The maximum atomic E-state index is 9.84. The minimum absolute atomic E-state index is 0.00172. The molecule has 3 heterocycles. The number of rotatable bonds is 4. The van der Waals surface area contributed by atoms with E-state index in [2.05, 4.69) is 28.7 Å². The minimum Gasteiger partial charge on any atom is -0.508 e. The van der Waals surface area contributed by atoms with Gasteiger partial charge in [0.25, 0.3) is 0 Å². The number of H-pyrrole nitrogens is 1. The first-order chi connectivity index (χ1) is 12.9. The van der Waals surface area contributed by atoms with Crippen molar-refractivity contribution in [3.05, 3.63) is 53.9 Å². The highest BCUT2D eigenvalue weighted by atomic mass is 16.5. The standard InChI is InChI=1S/C21H26N4O2/c1-21(2,10-15-12-23-18-5-4-16(26)9-17(15)18)25-7-8-27-19(13-25)14-3-6-20(22)24-11-14/h3-6,9,11-12,19,23,26H,7-8,10,13H2,1-2H3,(H2,22,24). The normalized spacial score (nSPS) is 18.8. The first kappa shape index (κ1) is 17.8. The predicted octanol–water partition coefficient (Wildman–Crippen LogP) is 3.25. The Kier molecular flexibility index (Phi) is 4.53. The van der Waals surface area contributed by atoms with Crippen LogP contribution < -0.4 is 5.73 Å². The fraction of sp³-hybridized carbons (Fsp3) is 0.381. The summed E-state index contributed by atoms with van der Waals surface area (Å²) in [5.74, 6) is 0.817. The Morgan fingerprint density at radius 1 is 1.33 bits per heavy atom. The van der Waals surface area contributed by atoms with Gasteiger partial charge < -0.3 is 20.6 Å². The Bertz CT molecular complexity index is 933. The highest BCUT2D eigenvalue weighted by Gasteiger charge is 2.33. The van der Waals surface area contributed by atoms with Crippen molar-refractivity contribution in [1.82, 2.24) is 14.9 Å². The third kappa shape index (κ3) is 3.63. The number of nitrogen functional groups attached to an aromatic ring is 1. The van der Waals surface area contributed by atoms with Gasteiger partial charge in [0.15, 0.2) is 0 Å². The summed E-state index contributed by atoms with van der Waals surface area (Å²) in [6.07, 6.45) is 4.73. The van der Waals surface area contributed by atoms with Crippen LogP contribution in [0.3, 0.4) is 0 Å². The van der Waals surface area contributed by atoms with E-state index in [-0.39, 0.29) is 11.6 Å². The second-order valence-electron chi connectivity index (χ2n) is 7.85. The molecule has 1 aliphatic heterocycles. The highest BCUT2D eigenvalue weighted by molar-refractivity contribution is 5.84. The molecule has 1 unspecified atom stereocenters. The number of fused-ring (bicyclic) bond motifs is 1. The lowest BCUT2D eigenvalue weighted by Gasteiger charge is -2.43. The van der Waals surface area contributed by atoms with Gasteiger partial charge in [-0.2, -0.15) is 0 Å². The number of hydrogen-bond donors (Lipinski definition) is 3. The van der Waals surface area contributed by atoms with E-state index in [0.29, 0.717) is 18.2 Å². The molecule has 1 aromatic carbocycles. The summed E-state index contributed by atoms with van der Waals surface area (Å²) in [5, 5.41) is 10.9. The lowest BCUT2D eigenvalue weighted by Crippen LogP contribution is -2.51. The van der Waals surface area contributed by atoms with Crippen molar-refractivity contribution in [3.8, 4) is 5.75 Å². The highest BCUT2D eigenvalue weighted by Crippen LogP contribution is 2.31. The molecule has 6 nitrogen and oxygen atoms in total. The van der Waals surface area contributed by atoms with E-state index in [1.807, 2.05) is 30.5 Å². The molecule has 3 aromatic rings. The van der Waals surface area contributed by atoms with Crippen LogP contribution in [0.5, 0.6) is 5.75 Å². The molecule has 1 fully saturated rings. The SMILES string of the molecule is CC(C)(Cc1c[nH]c2ccc(O)cc12)N1CCOC(c2ccc(N)nc2)C1. The molecule has 142 valence electrons. The van der Waals surface area contributed by atoms with Crippen LogP contribution >= 0.6 is 0 Å². The van der Waals surface area contributed by atoms with Gasteiger partial charge in [-0.25, -0.2) is 4.98 Å². The predicted molar refractivity (Wildman–Crippen MR) is 107 cm³/mol. The zero-order chi connectivity index (χ0) is 19.0. The lowest BCUT2D eigenvalue weighted by atomic mass is 9.91. The van der Waals surface area contributed by atoms with E-state index in [1.54, 1.807) is 12.3 Å². The fourth-order valence-corrected chi connectivity index (χ4v) is 3.90. The van der Waals surface area contributed by atoms with Crippen molar-refractivity contribution in [1.29, 1.82) is 0 Å². The van der Waals surface area contributed by atoms with Crippen molar-refractivity contribution in [3.63, 3.8) is 0 Å². The maximum absolute atomic E-state index is 9.84. The summed E-state index contributed by atoms with van der Waals surface area (Å²) in [4.78, 5) is 9.97. The Morgan fingerprint density at radius 2 is 2.19 bits per heavy atom. The van der Waals surface area contributed by atoms with Gasteiger partial charge in [-0.3, -0.25) is 4.90 Å². The molecule has 1 atom stereocenters. The molecule has 1 saturated heterocycles. The molecular formula is C21H26N4O2. The molecule has 0 saturated carbocycles. The van der Waals surface area contributed by atoms with Gasteiger partial charge in [-0.05, 0) is 50.1 Å². The first-order valence-electron chi connectivity index (χ1n) is 9.29. The smallest absolute Gasteiger partial charge is 0.123 e. The number of nitrogens with one attached hydrogen (secondary N) is 1. The second-order valence-corrected chi connectivity index (χ2v) is 7.85. The maximum Gasteiger partial charge on any atom is 0.123 e. The number of aromatic amines is 1. The number of phenolic OH excluding ortho intramolecular Hbond substituents is 1. The lowest BCUT2D eigenvalue weighted by molar-refractivity contribution is -0.0637. The van der Waals surface area contributed by atoms with Gasteiger partial charge in [-0.15, -0.1) is 0 Å². The summed E-state index contributed by atoms with van der Waals surface area (Å²) in [7, 11) is 0. The number of aromatic nitrogens is 2. The molecule has 0 bridgehead atoms. The quantitative estimate of drug-likeness (QED) is 0.660. The number of pyridine rings is 1. The number of ether oxygens (including phenoxy) is 1. The van der Waals surface area contributed by atoms with E-state index >= 15 is 0 Å². The molecule has 0 spiro atoms. The van der Waals surface area contributed by atoms with E-state index in [1.165, 1.54) is 5.56 Å². The first-order valence-corrected chi connectivity index (χ1v) is 9.29. The van der Waals surface area contributed by atoms with Crippen LogP contribution in [0.1, 0.15) is 31.1 Å². The van der Waals surface area contributed by atoms with Crippen molar-refractivity contribution < 1.29 is 9.84 Å². The van der Waals surface area contributed by atoms with Crippen LogP contribution in [0, 0.1) is 0 Å². The van der Waals surface area contributed by atoms with Crippen molar-refractivity contribution in [2.24, 2.45) is 0 Å². The molecule has 0 radical (unpaired) electrons. The summed E-state index contributed by atoms with van der Waals surface area (Å²) in [6, 6.07) is 9.27. The van der Waals surface area contributed by atoms with E-state index in [4.69, 9.17) is 10.5 Å². The topological polar surface area (TPSA) is 87.4 Å². The van der Waals surface area contributed by atoms with Crippen molar-refractivity contribution in [2.45, 2.75) is 31.9 Å². The average Bonchev–Trinajstić information content (AvgIpc) is 3.04. The number of nitrogens with zero attached hydrogens (tertiary/aromatic N) is 2. The summed E-state index contributed by atoms with van der Waals surface area (Å²) in [5.41, 5.74) is 8.97.